The van der Waals surface area contributed by atoms with Crippen molar-refractivity contribution in [3.8, 4) is 0 Å². The average molecular weight is 355 g/mol. The number of nitrogens with one attached hydrogen (secondary N) is 1. The van der Waals surface area contributed by atoms with Gasteiger partial charge >= 0.3 is 0 Å². The van der Waals surface area contributed by atoms with Crippen molar-refractivity contribution in [1.29, 1.82) is 0 Å². The normalized spacial score (nSPS) is 19.6. The molecule has 0 fully saturated rings. The van der Waals surface area contributed by atoms with Crippen molar-refractivity contribution in [1.82, 2.24) is 0 Å². The monoisotopic (exact) mass is 354 g/mol. The van der Waals surface area contributed by atoms with Crippen LogP contribution in [0.2, 0.25) is 0 Å². The van der Waals surface area contributed by atoms with E-state index in [1.807, 2.05) is 11.8 Å². The summed E-state index contributed by atoms with van der Waals surface area (Å²) in [7, 11) is 0. The van der Waals surface area contributed by atoms with Gasteiger partial charge in [0.15, 0.2) is 5.17 Å². The molecule has 1 aliphatic heterocycles. The van der Waals surface area contributed by atoms with Crippen LogP contribution < -0.4 is 5.32 Å². The van der Waals surface area contributed by atoms with Crippen LogP contribution in [-0.4, -0.2) is 17.0 Å². The molecule has 1 heterocycles. The number of hydrogen-bond donors (Lipinski definition) is 1. The quantitative estimate of drug-likeness (QED) is 0.775. The molecule has 0 amide bonds. The Hall–Kier alpha value is -0.480. The van der Waals surface area contributed by atoms with Gasteiger partial charge in [-0.3, -0.25) is 4.99 Å². The Bertz CT molecular complexity index is 506. The molecule has 0 saturated heterocycles. The van der Waals surface area contributed by atoms with E-state index in [0.29, 0.717) is 6.04 Å². The van der Waals surface area contributed by atoms with Gasteiger partial charge in [-0.25, -0.2) is 0 Å². The summed E-state index contributed by atoms with van der Waals surface area (Å²) in [6, 6.07) is 6.80. The number of halogens is 1. The van der Waals surface area contributed by atoms with E-state index in [9.17, 15) is 0 Å². The fourth-order valence-corrected chi connectivity index (χ4v) is 3.62. The zero-order chi connectivity index (χ0) is 14.8. The van der Waals surface area contributed by atoms with Gasteiger partial charge in [0.25, 0.3) is 0 Å². The van der Waals surface area contributed by atoms with E-state index in [1.165, 1.54) is 17.7 Å². The SMILES string of the molecule is CCc1cc(Br)ccc1NC1=NC(C(C)(C)C)CCS1. The van der Waals surface area contributed by atoms with Crippen LogP contribution in [0.5, 0.6) is 0 Å². The molecule has 110 valence electrons. The van der Waals surface area contributed by atoms with Crippen molar-refractivity contribution < 1.29 is 0 Å². The van der Waals surface area contributed by atoms with Crippen molar-refractivity contribution in [2.45, 2.75) is 46.6 Å². The number of aryl methyl sites for hydroxylation is 1. The zero-order valence-electron chi connectivity index (χ0n) is 12.7. The summed E-state index contributed by atoms with van der Waals surface area (Å²) in [5.74, 6) is 1.14. The van der Waals surface area contributed by atoms with Crippen molar-refractivity contribution in [3.63, 3.8) is 0 Å². The highest BCUT2D eigenvalue weighted by atomic mass is 79.9. The molecule has 0 spiro atoms. The summed E-state index contributed by atoms with van der Waals surface area (Å²) in [4.78, 5) is 4.90. The first-order valence-corrected chi connectivity index (χ1v) is 8.94. The molecule has 2 nitrogen and oxygen atoms in total. The van der Waals surface area contributed by atoms with Gasteiger partial charge in [0.05, 0.1) is 6.04 Å². The first kappa shape index (κ1) is 15.9. The second-order valence-corrected chi connectivity index (χ2v) is 8.23. The van der Waals surface area contributed by atoms with Crippen molar-refractivity contribution >= 4 is 38.5 Å². The molecule has 1 N–H and O–H groups in total. The summed E-state index contributed by atoms with van der Waals surface area (Å²) in [6.45, 7) is 8.99. The third-order valence-corrected chi connectivity index (χ3v) is 5.01. The van der Waals surface area contributed by atoms with Gasteiger partial charge in [0.2, 0.25) is 0 Å². The molecule has 4 heteroatoms. The van der Waals surface area contributed by atoms with Crippen LogP contribution in [0, 0.1) is 5.41 Å². The van der Waals surface area contributed by atoms with Crippen LogP contribution >= 0.6 is 27.7 Å². The number of amidine groups is 1. The van der Waals surface area contributed by atoms with Gasteiger partial charge in [-0.15, -0.1) is 0 Å². The molecular formula is C16H23BrN2S. The van der Waals surface area contributed by atoms with E-state index < -0.39 is 0 Å². The van der Waals surface area contributed by atoms with Gasteiger partial charge in [-0.2, -0.15) is 0 Å². The number of aliphatic imine (C=N–C) groups is 1. The first-order valence-electron chi connectivity index (χ1n) is 7.16. The minimum absolute atomic E-state index is 0.237. The van der Waals surface area contributed by atoms with E-state index in [-0.39, 0.29) is 5.41 Å². The largest absolute Gasteiger partial charge is 0.335 e. The van der Waals surface area contributed by atoms with Crippen LogP contribution in [0.4, 0.5) is 5.69 Å². The minimum Gasteiger partial charge on any atom is -0.335 e. The van der Waals surface area contributed by atoms with Crippen molar-refractivity contribution in [3.05, 3.63) is 28.2 Å². The molecule has 1 aromatic carbocycles. The summed E-state index contributed by atoms with van der Waals surface area (Å²) < 4.78 is 1.13. The molecular weight excluding hydrogens is 332 g/mol. The van der Waals surface area contributed by atoms with Gasteiger partial charge < -0.3 is 5.32 Å². The fourth-order valence-electron chi connectivity index (χ4n) is 2.30. The van der Waals surface area contributed by atoms with Crippen LogP contribution in [-0.2, 0) is 6.42 Å². The molecule has 1 aromatic rings. The van der Waals surface area contributed by atoms with E-state index in [4.69, 9.17) is 4.99 Å². The van der Waals surface area contributed by atoms with Crippen LogP contribution in [0.1, 0.15) is 39.7 Å². The molecule has 0 bridgehead atoms. The van der Waals surface area contributed by atoms with Crippen molar-refractivity contribution in [2.24, 2.45) is 10.4 Å². The number of nitrogens with zero attached hydrogens (tertiary/aromatic N) is 1. The molecule has 0 aromatic heterocycles. The topological polar surface area (TPSA) is 24.4 Å². The Morgan fingerprint density at radius 2 is 2.15 bits per heavy atom. The van der Waals surface area contributed by atoms with Crippen molar-refractivity contribution in [2.75, 3.05) is 11.1 Å². The van der Waals surface area contributed by atoms with Gasteiger partial charge in [-0.05, 0) is 42.0 Å². The van der Waals surface area contributed by atoms with Crippen LogP contribution in [0.25, 0.3) is 0 Å². The Kier molecular flexibility index (Phi) is 5.19. The third kappa shape index (κ3) is 4.01. The average Bonchev–Trinajstić information content (AvgIpc) is 2.40. The molecule has 0 aliphatic carbocycles. The predicted octanol–water partition coefficient (Wildman–Crippen LogP) is 5.33. The summed E-state index contributed by atoms with van der Waals surface area (Å²) in [6.07, 6.45) is 2.18. The lowest BCUT2D eigenvalue weighted by atomic mass is 9.85. The van der Waals surface area contributed by atoms with E-state index in [2.05, 4.69) is 67.1 Å². The summed E-state index contributed by atoms with van der Waals surface area (Å²) in [5, 5.41) is 4.58. The number of benzene rings is 1. The Balaban J connectivity index is 2.19. The van der Waals surface area contributed by atoms with Gasteiger partial charge in [0, 0.05) is 15.9 Å². The summed E-state index contributed by atoms with van der Waals surface area (Å²) >= 11 is 5.36. The molecule has 20 heavy (non-hydrogen) atoms. The van der Waals surface area contributed by atoms with Crippen LogP contribution in [0.15, 0.2) is 27.7 Å². The summed E-state index contributed by atoms with van der Waals surface area (Å²) in [5.41, 5.74) is 2.73. The Morgan fingerprint density at radius 3 is 2.80 bits per heavy atom. The number of thioether (sulfide) groups is 1. The maximum absolute atomic E-state index is 4.90. The number of hydrogen-bond acceptors (Lipinski definition) is 3. The fraction of sp³-hybridized carbons (Fsp3) is 0.562. The molecule has 1 aliphatic rings. The lowest BCUT2D eigenvalue weighted by molar-refractivity contribution is 0.316. The minimum atomic E-state index is 0.237. The highest BCUT2D eigenvalue weighted by Gasteiger charge is 2.27. The van der Waals surface area contributed by atoms with Gasteiger partial charge in [-0.1, -0.05) is 55.4 Å². The Labute approximate surface area is 135 Å². The molecule has 1 unspecified atom stereocenters. The van der Waals surface area contributed by atoms with E-state index >= 15 is 0 Å². The lowest BCUT2D eigenvalue weighted by Crippen LogP contribution is -2.30. The highest BCUT2D eigenvalue weighted by Crippen LogP contribution is 2.31. The predicted molar refractivity (Wildman–Crippen MR) is 94.9 cm³/mol. The zero-order valence-corrected chi connectivity index (χ0v) is 15.1. The second-order valence-electron chi connectivity index (χ2n) is 6.23. The van der Waals surface area contributed by atoms with Gasteiger partial charge in [0.1, 0.15) is 0 Å². The highest BCUT2D eigenvalue weighted by molar-refractivity contribution is 9.10. The number of anilines is 1. The first-order chi connectivity index (χ1) is 9.40. The third-order valence-electron chi connectivity index (χ3n) is 3.59. The number of rotatable bonds is 2. The maximum Gasteiger partial charge on any atom is 0.161 e. The Morgan fingerprint density at radius 1 is 1.40 bits per heavy atom. The standard InChI is InChI=1S/C16H23BrN2S/c1-5-11-10-12(17)6-7-13(11)18-15-19-14(8-9-20-15)16(2,3)4/h6-7,10,14H,5,8-9H2,1-4H3,(H,18,19). The van der Waals surface area contributed by atoms with E-state index in [0.717, 1.165) is 21.8 Å². The molecule has 0 radical (unpaired) electrons. The smallest absolute Gasteiger partial charge is 0.161 e. The molecule has 0 saturated carbocycles. The second kappa shape index (κ2) is 6.52. The lowest BCUT2D eigenvalue weighted by Gasteiger charge is -2.31. The molecule has 2 rings (SSSR count). The maximum atomic E-state index is 4.90. The molecule has 1 atom stereocenters. The van der Waals surface area contributed by atoms with E-state index in [1.54, 1.807) is 0 Å². The van der Waals surface area contributed by atoms with Crippen LogP contribution in [0.3, 0.4) is 0 Å².